The second-order valence-corrected chi connectivity index (χ2v) is 7.11. The molecule has 0 bridgehead atoms. The van der Waals surface area contributed by atoms with Gasteiger partial charge in [0.1, 0.15) is 11.3 Å². The molecule has 2 amide bonds. The van der Waals surface area contributed by atoms with Gasteiger partial charge >= 0.3 is 0 Å². The number of hydrazine groups is 1. The van der Waals surface area contributed by atoms with Crippen LogP contribution >= 0.6 is 38.5 Å². The Kier molecular flexibility index (Phi) is 4.91. The number of carbonyl (C=O) groups is 2. The first-order valence-electron chi connectivity index (χ1n) is 6.96. The minimum Gasteiger partial charge on any atom is -0.496 e. The largest absolute Gasteiger partial charge is 0.496 e. The van der Waals surface area contributed by atoms with Crippen LogP contribution < -0.4 is 15.2 Å². The van der Waals surface area contributed by atoms with Crippen LogP contribution in [0.2, 0.25) is 0 Å². The molecule has 1 saturated heterocycles. The molecule has 2 aromatic carbocycles. The Morgan fingerprint density at radius 3 is 2.54 bits per heavy atom. The number of methoxy groups -OCH3 is 1. The number of nitrogens with one attached hydrogen (secondary N) is 1. The topological polar surface area (TPSA) is 58.6 Å². The second kappa shape index (κ2) is 6.94. The molecule has 5 nitrogen and oxygen atoms in total. The van der Waals surface area contributed by atoms with Crippen molar-refractivity contribution in [3.8, 4) is 5.75 Å². The van der Waals surface area contributed by atoms with E-state index in [1.54, 1.807) is 43.5 Å². The van der Waals surface area contributed by atoms with E-state index in [2.05, 4.69) is 43.9 Å². The zero-order valence-electron chi connectivity index (χ0n) is 12.5. The molecule has 1 fully saturated rings. The Balaban J connectivity index is 1.93. The van der Waals surface area contributed by atoms with Gasteiger partial charge in [-0.1, -0.05) is 6.07 Å². The van der Waals surface area contributed by atoms with Crippen molar-refractivity contribution in [1.29, 1.82) is 0 Å². The average Bonchev–Trinajstić information content (AvgIpc) is 2.85. The number of anilines is 1. The Hall–Kier alpha value is -1.87. The van der Waals surface area contributed by atoms with Gasteiger partial charge in [-0.3, -0.25) is 15.0 Å². The van der Waals surface area contributed by atoms with E-state index >= 15 is 0 Å². The smallest absolute Gasteiger partial charge is 0.282 e. The fraction of sp³-hybridized carbons (Fsp3) is 0.0588. The number of hydrogen-bond donors (Lipinski definition) is 1. The molecule has 2 aromatic rings. The fourth-order valence-electron chi connectivity index (χ4n) is 2.26. The van der Waals surface area contributed by atoms with Gasteiger partial charge in [-0.2, -0.15) is 0 Å². The van der Waals surface area contributed by atoms with Crippen molar-refractivity contribution in [1.82, 2.24) is 5.43 Å². The molecule has 1 aliphatic heterocycles. The minimum absolute atomic E-state index is 0.0814. The zero-order valence-corrected chi connectivity index (χ0v) is 16.3. The van der Waals surface area contributed by atoms with Crippen LogP contribution in [0.1, 0.15) is 5.56 Å². The number of nitrogens with zero attached hydrogens (tertiary/aromatic N) is 1. The Morgan fingerprint density at radius 2 is 1.88 bits per heavy atom. The molecule has 0 saturated carbocycles. The van der Waals surface area contributed by atoms with Gasteiger partial charge in [-0.25, -0.2) is 5.01 Å². The van der Waals surface area contributed by atoms with E-state index in [0.29, 0.717) is 17.0 Å². The van der Waals surface area contributed by atoms with Crippen LogP contribution in [0.25, 0.3) is 6.08 Å². The average molecular weight is 499 g/mol. The summed E-state index contributed by atoms with van der Waals surface area (Å²) in [5, 5.41) is 1.25. The molecule has 1 N–H and O–H groups in total. The van der Waals surface area contributed by atoms with E-state index in [9.17, 15) is 9.59 Å². The van der Waals surface area contributed by atoms with Gasteiger partial charge in [0.2, 0.25) is 0 Å². The quantitative estimate of drug-likeness (QED) is 0.400. The highest BCUT2D eigenvalue weighted by atomic mass is 127. The molecule has 0 spiro atoms. The highest BCUT2D eigenvalue weighted by Crippen LogP contribution is 2.28. The predicted molar refractivity (Wildman–Crippen MR) is 103 cm³/mol. The lowest BCUT2D eigenvalue weighted by molar-refractivity contribution is -0.117. The molecule has 122 valence electrons. The number of benzene rings is 2. The number of halogens is 2. The molecule has 0 unspecified atom stereocenters. The van der Waals surface area contributed by atoms with Gasteiger partial charge in [0.25, 0.3) is 11.8 Å². The van der Waals surface area contributed by atoms with E-state index in [1.807, 2.05) is 12.1 Å². The highest BCUT2D eigenvalue weighted by molar-refractivity contribution is 14.1. The normalized spacial score (nSPS) is 15.8. The molecule has 3 rings (SSSR count). The lowest BCUT2D eigenvalue weighted by atomic mass is 10.1. The Morgan fingerprint density at radius 1 is 1.17 bits per heavy atom. The summed E-state index contributed by atoms with van der Waals surface area (Å²) in [7, 11) is 1.56. The van der Waals surface area contributed by atoms with Gasteiger partial charge < -0.3 is 4.74 Å². The van der Waals surface area contributed by atoms with Gasteiger partial charge in [-0.05, 0) is 86.6 Å². The van der Waals surface area contributed by atoms with Crippen LogP contribution in [0, 0.1) is 3.57 Å². The standard InChI is InChI=1S/C17H12BrIN2O3/c1-24-15-9-10(2-7-14(15)18)8-13-16(22)20-21(17(13)23)12-5-3-11(19)4-6-12/h2-9H,1H3,(H,20,22)/b13-8-. The van der Waals surface area contributed by atoms with Crippen LogP contribution in [-0.4, -0.2) is 18.9 Å². The van der Waals surface area contributed by atoms with Crippen LogP contribution in [-0.2, 0) is 9.59 Å². The second-order valence-electron chi connectivity index (χ2n) is 5.01. The number of ether oxygens (including phenoxy) is 1. The summed E-state index contributed by atoms with van der Waals surface area (Å²) in [6.45, 7) is 0. The minimum atomic E-state index is -0.430. The van der Waals surface area contributed by atoms with Crippen molar-refractivity contribution < 1.29 is 14.3 Å². The SMILES string of the molecule is COc1cc(/C=C2/C(=O)NN(c3ccc(I)cc3)C2=O)ccc1Br. The summed E-state index contributed by atoms with van der Waals surface area (Å²) in [5.74, 6) is -0.187. The molecule has 24 heavy (non-hydrogen) atoms. The van der Waals surface area contributed by atoms with Gasteiger partial charge in [-0.15, -0.1) is 0 Å². The summed E-state index contributed by atoms with van der Waals surface area (Å²) in [4.78, 5) is 24.7. The van der Waals surface area contributed by atoms with E-state index in [1.165, 1.54) is 5.01 Å². The van der Waals surface area contributed by atoms with Crippen molar-refractivity contribution in [2.45, 2.75) is 0 Å². The summed E-state index contributed by atoms with van der Waals surface area (Å²) in [6.07, 6.45) is 1.55. The van der Waals surface area contributed by atoms with E-state index in [-0.39, 0.29) is 11.5 Å². The van der Waals surface area contributed by atoms with Crippen LogP contribution in [0.5, 0.6) is 5.75 Å². The zero-order chi connectivity index (χ0) is 17.3. The van der Waals surface area contributed by atoms with E-state index in [4.69, 9.17) is 4.74 Å². The molecule has 0 radical (unpaired) electrons. The van der Waals surface area contributed by atoms with Crippen LogP contribution in [0.15, 0.2) is 52.5 Å². The molecule has 7 heteroatoms. The van der Waals surface area contributed by atoms with Crippen molar-refractivity contribution in [3.63, 3.8) is 0 Å². The summed E-state index contributed by atoms with van der Waals surface area (Å²) in [5.41, 5.74) is 3.99. The lowest BCUT2D eigenvalue weighted by Gasteiger charge is -2.14. The fourth-order valence-corrected chi connectivity index (χ4v) is 3.03. The molecule has 0 aromatic heterocycles. The summed E-state index contributed by atoms with van der Waals surface area (Å²) >= 11 is 5.55. The summed E-state index contributed by atoms with van der Waals surface area (Å²) < 4.78 is 7.08. The maximum Gasteiger partial charge on any atom is 0.282 e. The number of rotatable bonds is 3. The molecule has 0 aliphatic carbocycles. The third-order valence-electron chi connectivity index (χ3n) is 3.46. The van der Waals surface area contributed by atoms with Crippen molar-refractivity contribution in [3.05, 3.63) is 61.6 Å². The van der Waals surface area contributed by atoms with Crippen molar-refractivity contribution >= 4 is 62.1 Å². The monoisotopic (exact) mass is 498 g/mol. The third-order valence-corrected chi connectivity index (χ3v) is 4.84. The lowest BCUT2D eigenvalue weighted by Crippen LogP contribution is -2.35. The maximum absolute atomic E-state index is 12.6. The number of hydrogen-bond acceptors (Lipinski definition) is 3. The molecule has 1 aliphatic rings. The summed E-state index contributed by atoms with van der Waals surface area (Å²) in [6, 6.07) is 12.7. The van der Waals surface area contributed by atoms with Gasteiger partial charge in [0, 0.05) is 3.57 Å². The van der Waals surface area contributed by atoms with Gasteiger partial charge in [0.15, 0.2) is 0 Å². The van der Waals surface area contributed by atoms with E-state index < -0.39 is 5.91 Å². The Labute approximate surface area is 160 Å². The Bertz CT molecular complexity index is 849. The number of amides is 2. The van der Waals surface area contributed by atoms with Crippen molar-refractivity contribution in [2.75, 3.05) is 12.1 Å². The first-order valence-corrected chi connectivity index (χ1v) is 8.83. The first kappa shape index (κ1) is 17.0. The number of carbonyl (C=O) groups excluding carboxylic acids is 2. The first-order chi connectivity index (χ1) is 11.5. The van der Waals surface area contributed by atoms with Crippen molar-refractivity contribution in [2.24, 2.45) is 0 Å². The van der Waals surface area contributed by atoms with Crippen LogP contribution in [0.3, 0.4) is 0 Å². The molecule has 0 atom stereocenters. The molecule has 1 heterocycles. The molecular formula is C17H12BrIN2O3. The van der Waals surface area contributed by atoms with E-state index in [0.717, 1.165) is 8.04 Å². The highest BCUT2D eigenvalue weighted by Gasteiger charge is 2.34. The maximum atomic E-state index is 12.6. The molecular weight excluding hydrogens is 487 g/mol. The third kappa shape index (κ3) is 3.32. The van der Waals surface area contributed by atoms with Crippen LogP contribution in [0.4, 0.5) is 5.69 Å². The predicted octanol–water partition coefficient (Wildman–Crippen LogP) is 3.52. The van der Waals surface area contributed by atoms with Gasteiger partial charge in [0.05, 0.1) is 17.3 Å².